The van der Waals surface area contributed by atoms with E-state index >= 15 is 0 Å². The van der Waals surface area contributed by atoms with E-state index in [4.69, 9.17) is 9.26 Å². The number of aromatic amines is 1. The van der Waals surface area contributed by atoms with Crippen LogP contribution in [0, 0.1) is 0 Å². The molecular weight excluding hydrogens is 372 g/mol. The minimum atomic E-state index is 0.228. The van der Waals surface area contributed by atoms with E-state index in [1.54, 1.807) is 13.3 Å². The predicted octanol–water partition coefficient (Wildman–Crippen LogP) is 2.03. The van der Waals surface area contributed by atoms with Crippen molar-refractivity contribution in [2.24, 2.45) is 0 Å². The molecule has 1 atom stereocenters. The number of benzene rings is 1. The van der Waals surface area contributed by atoms with E-state index in [1.165, 1.54) is 6.33 Å². The second-order valence-corrected chi connectivity index (χ2v) is 6.94. The van der Waals surface area contributed by atoms with Crippen molar-refractivity contribution in [3.05, 3.63) is 48.2 Å². The van der Waals surface area contributed by atoms with Crippen molar-refractivity contribution in [1.29, 1.82) is 0 Å². The molecule has 0 aliphatic carbocycles. The summed E-state index contributed by atoms with van der Waals surface area (Å²) in [6.07, 6.45) is 4.80. The topological polar surface area (TPSA) is 118 Å². The standard InChI is InChI=1S/C19H20N8O2/c1-28-14-4-2-12(3-5-14)8-16-24-19(26-29-16)27-7-6-13(10-27)23-17-15-9-22-25-18(15)21-11-20-17/h2-5,9,11,13H,6-8,10H2,1H3,(H2,20,21,22,23,25). The third-order valence-corrected chi connectivity index (χ3v) is 5.03. The van der Waals surface area contributed by atoms with Crippen LogP contribution in [0.15, 0.2) is 41.3 Å². The number of H-pyrrole nitrogens is 1. The molecule has 0 amide bonds. The highest BCUT2D eigenvalue weighted by Gasteiger charge is 2.26. The molecule has 4 heterocycles. The molecule has 1 aliphatic heterocycles. The number of fused-ring (bicyclic) bond motifs is 1. The number of methoxy groups -OCH3 is 1. The molecule has 1 aliphatic rings. The third-order valence-electron chi connectivity index (χ3n) is 5.03. The third kappa shape index (κ3) is 3.56. The Morgan fingerprint density at radius 3 is 3.03 bits per heavy atom. The number of rotatable bonds is 6. The van der Waals surface area contributed by atoms with Crippen molar-refractivity contribution in [2.75, 3.05) is 30.4 Å². The van der Waals surface area contributed by atoms with Gasteiger partial charge in [0.25, 0.3) is 5.95 Å². The fourth-order valence-electron chi connectivity index (χ4n) is 3.50. The molecule has 148 valence electrons. The van der Waals surface area contributed by atoms with Crippen LogP contribution in [0.5, 0.6) is 5.75 Å². The van der Waals surface area contributed by atoms with E-state index in [0.29, 0.717) is 18.3 Å². The molecule has 0 radical (unpaired) electrons. The van der Waals surface area contributed by atoms with Gasteiger partial charge in [0.1, 0.15) is 17.9 Å². The molecule has 29 heavy (non-hydrogen) atoms. The van der Waals surface area contributed by atoms with Crippen LogP contribution < -0.4 is 15.0 Å². The minimum absolute atomic E-state index is 0.228. The first-order valence-electron chi connectivity index (χ1n) is 9.39. The number of nitrogens with zero attached hydrogens (tertiary/aromatic N) is 6. The van der Waals surface area contributed by atoms with Crippen molar-refractivity contribution in [3.8, 4) is 5.75 Å². The van der Waals surface area contributed by atoms with Crippen molar-refractivity contribution >= 4 is 22.8 Å². The maximum Gasteiger partial charge on any atom is 0.266 e. The van der Waals surface area contributed by atoms with Crippen molar-refractivity contribution in [2.45, 2.75) is 18.9 Å². The van der Waals surface area contributed by atoms with E-state index in [2.05, 4.69) is 40.5 Å². The van der Waals surface area contributed by atoms with Gasteiger partial charge in [-0.05, 0) is 29.3 Å². The van der Waals surface area contributed by atoms with Crippen LogP contribution in [-0.2, 0) is 6.42 Å². The van der Waals surface area contributed by atoms with Crippen LogP contribution in [0.4, 0.5) is 11.8 Å². The summed E-state index contributed by atoms with van der Waals surface area (Å²) in [4.78, 5) is 15.2. The lowest BCUT2D eigenvalue weighted by Crippen LogP contribution is -2.27. The Hall–Kier alpha value is -3.69. The average Bonchev–Trinajstić information content (AvgIpc) is 3.49. The molecule has 1 fully saturated rings. The van der Waals surface area contributed by atoms with Gasteiger partial charge >= 0.3 is 0 Å². The first-order valence-corrected chi connectivity index (χ1v) is 9.39. The normalized spacial score (nSPS) is 16.4. The molecule has 1 saturated heterocycles. The number of ether oxygens (including phenoxy) is 1. The van der Waals surface area contributed by atoms with E-state index in [0.717, 1.165) is 47.7 Å². The van der Waals surface area contributed by atoms with Gasteiger partial charge in [-0.1, -0.05) is 12.1 Å². The Kier molecular flexibility index (Phi) is 4.43. The smallest absolute Gasteiger partial charge is 0.266 e. The summed E-state index contributed by atoms with van der Waals surface area (Å²) >= 11 is 0. The zero-order valence-electron chi connectivity index (χ0n) is 15.9. The summed E-state index contributed by atoms with van der Waals surface area (Å²) in [6.45, 7) is 1.61. The van der Waals surface area contributed by atoms with Gasteiger partial charge in [0.05, 0.1) is 25.1 Å². The Labute approximate surface area is 166 Å². The molecular formula is C19H20N8O2. The first-order chi connectivity index (χ1) is 14.3. The monoisotopic (exact) mass is 392 g/mol. The SMILES string of the molecule is COc1ccc(Cc2nc(N3CCC(Nc4ncnc5[nH]ncc45)C3)no2)cc1. The predicted molar refractivity (Wildman–Crippen MR) is 106 cm³/mol. The van der Waals surface area contributed by atoms with Gasteiger partial charge in [-0.3, -0.25) is 5.10 Å². The summed E-state index contributed by atoms with van der Waals surface area (Å²) in [7, 11) is 1.65. The summed E-state index contributed by atoms with van der Waals surface area (Å²) < 4.78 is 10.6. The summed E-state index contributed by atoms with van der Waals surface area (Å²) in [6, 6.07) is 8.07. The molecule has 4 aromatic rings. The fraction of sp³-hybridized carbons (Fsp3) is 0.316. The molecule has 1 aromatic carbocycles. The summed E-state index contributed by atoms with van der Waals surface area (Å²) in [5.74, 6) is 2.82. The van der Waals surface area contributed by atoms with Crippen LogP contribution in [0.3, 0.4) is 0 Å². The zero-order chi connectivity index (χ0) is 19.6. The lowest BCUT2D eigenvalue weighted by molar-refractivity contribution is 0.384. The van der Waals surface area contributed by atoms with Gasteiger partial charge in [-0.25, -0.2) is 9.97 Å². The molecule has 10 heteroatoms. The highest BCUT2D eigenvalue weighted by atomic mass is 16.5. The molecule has 2 N–H and O–H groups in total. The number of aromatic nitrogens is 6. The maximum absolute atomic E-state index is 5.45. The van der Waals surface area contributed by atoms with Crippen LogP contribution in [-0.4, -0.2) is 56.5 Å². The molecule has 5 rings (SSSR count). The summed E-state index contributed by atoms with van der Waals surface area (Å²) in [5.41, 5.74) is 1.81. The Morgan fingerprint density at radius 1 is 1.28 bits per heavy atom. The molecule has 1 unspecified atom stereocenters. The average molecular weight is 392 g/mol. The van der Waals surface area contributed by atoms with Crippen LogP contribution >= 0.6 is 0 Å². The molecule has 0 saturated carbocycles. The highest BCUT2D eigenvalue weighted by Crippen LogP contribution is 2.23. The van der Waals surface area contributed by atoms with E-state index in [1.807, 2.05) is 24.3 Å². The van der Waals surface area contributed by atoms with E-state index < -0.39 is 0 Å². The van der Waals surface area contributed by atoms with Gasteiger partial charge < -0.3 is 19.5 Å². The van der Waals surface area contributed by atoms with E-state index in [-0.39, 0.29) is 6.04 Å². The lowest BCUT2D eigenvalue weighted by Gasteiger charge is -2.15. The highest BCUT2D eigenvalue weighted by molar-refractivity contribution is 5.85. The number of hydrogen-bond acceptors (Lipinski definition) is 9. The Bertz CT molecular complexity index is 1110. The van der Waals surface area contributed by atoms with Crippen molar-refractivity contribution in [1.82, 2.24) is 30.3 Å². The van der Waals surface area contributed by atoms with Gasteiger partial charge in [0.15, 0.2) is 5.65 Å². The quantitative estimate of drug-likeness (QED) is 0.508. The molecule has 3 aromatic heterocycles. The van der Waals surface area contributed by atoms with Crippen LogP contribution in [0.2, 0.25) is 0 Å². The second kappa shape index (κ2) is 7.38. The first kappa shape index (κ1) is 17.4. The van der Waals surface area contributed by atoms with Crippen molar-refractivity contribution < 1.29 is 9.26 Å². The number of nitrogens with one attached hydrogen (secondary N) is 2. The Morgan fingerprint density at radius 2 is 2.17 bits per heavy atom. The largest absolute Gasteiger partial charge is 0.497 e. The maximum atomic E-state index is 5.45. The van der Waals surface area contributed by atoms with Gasteiger partial charge in [0, 0.05) is 19.1 Å². The van der Waals surface area contributed by atoms with Gasteiger partial charge in [-0.15, -0.1) is 0 Å². The van der Waals surface area contributed by atoms with Gasteiger partial charge in [0.2, 0.25) is 5.89 Å². The minimum Gasteiger partial charge on any atom is -0.497 e. The number of anilines is 2. The molecule has 0 spiro atoms. The fourth-order valence-corrected chi connectivity index (χ4v) is 3.50. The van der Waals surface area contributed by atoms with E-state index in [9.17, 15) is 0 Å². The number of hydrogen-bond donors (Lipinski definition) is 2. The summed E-state index contributed by atoms with van der Waals surface area (Å²) in [5, 5.41) is 15.4. The Balaban J connectivity index is 1.23. The lowest BCUT2D eigenvalue weighted by atomic mass is 10.1. The van der Waals surface area contributed by atoms with Gasteiger partial charge in [-0.2, -0.15) is 10.1 Å². The van der Waals surface area contributed by atoms with Crippen LogP contribution in [0.25, 0.3) is 11.0 Å². The molecule has 0 bridgehead atoms. The van der Waals surface area contributed by atoms with Crippen LogP contribution in [0.1, 0.15) is 17.9 Å². The zero-order valence-corrected chi connectivity index (χ0v) is 15.9. The van der Waals surface area contributed by atoms with Crippen molar-refractivity contribution in [3.63, 3.8) is 0 Å². The molecule has 10 nitrogen and oxygen atoms in total. The second-order valence-electron chi connectivity index (χ2n) is 6.94.